The molecule has 0 spiro atoms. The first-order valence-corrected chi connectivity index (χ1v) is 9.05. The van der Waals surface area contributed by atoms with Crippen molar-refractivity contribution >= 4 is 23.2 Å². The molecule has 1 N–H and O–H groups in total. The molecule has 0 saturated carbocycles. The summed E-state index contributed by atoms with van der Waals surface area (Å²) in [6, 6.07) is 2.55. The van der Waals surface area contributed by atoms with Gasteiger partial charge in [0.2, 0.25) is 11.8 Å². The quantitative estimate of drug-likeness (QED) is 0.915. The van der Waals surface area contributed by atoms with Crippen LogP contribution in [-0.2, 0) is 9.59 Å². The normalized spacial score (nSPS) is 17.8. The van der Waals surface area contributed by atoms with Gasteiger partial charge in [-0.1, -0.05) is 20.8 Å². The van der Waals surface area contributed by atoms with Gasteiger partial charge in [0.05, 0.1) is 6.54 Å². The molecule has 1 atom stereocenters. The van der Waals surface area contributed by atoms with Crippen molar-refractivity contribution < 1.29 is 9.59 Å². The van der Waals surface area contributed by atoms with Crippen LogP contribution < -0.4 is 5.32 Å². The Hall–Kier alpha value is -1.40. The summed E-state index contributed by atoms with van der Waals surface area (Å²) in [5, 5.41) is 7.02. The monoisotopic (exact) mass is 337 g/mol. The predicted molar refractivity (Wildman–Crippen MR) is 93.4 cm³/mol. The van der Waals surface area contributed by atoms with Crippen molar-refractivity contribution in [3.05, 3.63) is 22.4 Å². The maximum absolute atomic E-state index is 12.2. The lowest BCUT2D eigenvalue weighted by atomic mass is 9.96. The van der Waals surface area contributed by atoms with Crippen molar-refractivity contribution in [1.29, 1.82) is 0 Å². The second-order valence-corrected chi connectivity index (χ2v) is 7.86. The van der Waals surface area contributed by atoms with Crippen molar-refractivity contribution in [2.75, 3.05) is 32.7 Å². The third-order valence-corrected chi connectivity index (χ3v) is 5.02. The van der Waals surface area contributed by atoms with E-state index in [0.717, 1.165) is 26.2 Å². The van der Waals surface area contributed by atoms with Crippen LogP contribution in [0, 0.1) is 5.41 Å². The Bertz CT molecular complexity index is 529. The van der Waals surface area contributed by atoms with Gasteiger partial charge in [0.15, 0.2) is 0 Å². The van der Waals surface area contributed by atoms with Gasteiger partial charge < -0.3 is 10.2 Å². The average molecular weight is 337 g/mol. The number of carbonyl (C=O) groups excluding carboxylic acids is 2. The summed E-state index contributed by atoms with van der Waals surface area (Å²) in [5.41, 5.74) is 0.877. The van der Waals surface area contributed by atoms with Crippen LogP contribution in [0.1, 0.15) is 39.3 Å². The largest absolute Gasteiger partial charge is 0.347 e. The van der Waals surface area contributed by atoms with Crippen LogP contribution >= 0.6 is 11.3 Å². The van der Waals surface area contributed by atoms with Crippen molar-refractivity contribution in [2.45, 2.75) is 33.7 Å². The van der Waals surface area contributed by atoms with Crippen LogP contribution in [0.4, 0.5) is 0 Å². The fraction of sp³-hybridized carbons (Fsp3) is 0.647. The lowest BCUT2D eigenvalue weighted by molar-refractivity contribution is -0.136. The first-order valence-electron chi connectivity index (χ1n) is 8.11. The number of nitrogens with zero attached hydrogens (tertiary/aromatic N) is 2. The highest BCUT2D eigenvalue weighted by Gasteiger charge is 2.26. The standard InChI is InChI=1S/C17H27N3O2S/c1-13(14-5-10-23-12-14)19-6-8-20(9-7-19)15(21)11-18-16(22)17(2,3)4/h5,10,12-13H,6-9,11H2,1-4H3,(H,18,22)/t13-/m0/s1. The molecule has 23 heavy (non-hydrogen) atoms. The summed E-state index contributed by atoms with van der Waals surface area (Å²) < 4.78 is 0. The Kier molecular flexibility index (Phi) is 5.81. The molecular weight excluding hydrogens is 310 g/mol. The van der Waals surface area contributed by atoms with Crippen LogP contribution in [0.5, 0.6) is 0 Å². The third kappa shape index (κ3) is 4.78. The maximum atomic E-state index is 12.2. The van der Waals surface area contributed by atoms with Crippen molar-refractivity contribution in [1.82, 2.24) is 15.1 Å². The van der Waals surface area contributed by atoms with Crippen LogP contribution in [-0.4, -0.2) is 54.3 Å². The molecule has 0 unspecified atom stereocenters. The summed E-state index contributed by atoms with van der Waals surface area (Å²) in [5.74, 6) is -0.0824. The lowest BCUT2D eigenvalue weighted by Crippen LogP contribution is -2.52. The number of hydrogen-bond donors (Lipinski definition) is 1. The minimum Gasteiger partial charge on any atom is -0.347 e. The topological polar surface area (TPSA) is 52.6 Å². The number of carbonyl (C=O) groups is 2. The summed E-state index contributed by atoms with van der Waals surface area (Å²) in [7, 11) is 0. The fourth-order valence-electron chi connectivity index (χ4n) is 2.62. The van der Waals surface area contributed by atoms with E-state index in [9.17, 15) is 9.59 Å². The van der Waals surface area contributed by atoms with Gasteiger partial charge >= 0.3 is 0 Å². The summed E-state index contributed by atoms with van der Waals surface area (Å²) in [6.45, 7) is 11.0. The van der Waals surface area contributed by atoms with Gasteiger partial charge in [-0.3, -0.25) is 14.5 Å². The van der Waals surface area contributed by atoms with Crippen LogP contribution in [0.2, 0.25) is 0 Å². The van der Waals surface area contributed by atoms with Gasteiger partial charge in [-0.05, 0) is 29.3 Å². The Balaban J connectivity index is 1.78. The molecule has 1 aliphatic rings. The SMILES string of the molecule is C[C@@H](c1ccsc1)N1CCN(C(=O)CNC(=O)C(C)(C)C)CC1. The van der Waals surface area contributed by atoms with Gasteiger partial charge in [0.1, 0.15) is 0 Å². The number of thiophene rings is 1. The second kappa shape index (κ2) is 7.45. The Morgan fingerprint density at radius 1 is 1.26 bits per heavy atom. The van der Waals surface area contributed by atoms with E-state index in [0.29, 0.717) is 6.04 Å². The number of rotatable bonds is 4. The van der Waals surface area contributed by atoms with E-state index >= 15 is 0 Å². The number of amides is 2. The second-order valence-electron chi connectivity index (χ2n) is 7.08. The summed E-state index contributed by atoms with van der Waals surface area (Å²) in [4.78, 5) is 28.3. The van der Waals surface area contributed by atoms with E-state index in [4.69, 9.17) is 0 Å². The van der Waals surface area contributed by atoms with Crippen LogP contribution in [0.25, 0.3) is 0 Å². The van der Waals surface area contributed by atoms with E-state index < -0.39 is 5.41 Å². The number of piperazine rings is 1. The highest BCUT2D eigenvalue weighted by Crippen LogP contribution is 2.23. The van der Waals surface area contributed by atoms with Gasteiger partial charge in [-0.25, -0.2) is 0 Å². The van der Waals surface area contributed by atoms with Crippen LogP contribution in [0.3, 0.4) is 0 Å². The molecule has 0 bridgehead atoms. The van der Waals surface area contributed by atoms with E-state index in [-0.39, 0.29) is 18.4 Å². The van der Waals surface area contributed by atoms with Gasteiger partial charge in [-0.2, -0.15) is 11.3 Å². The summed E-state index contributed by atoms with van der Waals surface area (Å²) >= 11 is 1.72. The minimum absolute atomic E-state index is 0.00503. The highest BCUT2D eigenvalue weighted by atomic mass is 32.1. The predicted octanol–water partition coefficient (Wildman–Crippen LogP) is 2.12. The van der Waals surface area contributed by atoms with Gasteiger partial charge in [0.25, 0.3) is 0 Å². The number of hydrogen-bond acceptors (Lipinski definition) is 4. The molecule has 1 aromatic rings. The molecule has 1 fully saturated rings. The highest BCUT2D eigenvalue weighted by molar-refractivity contribution is 7.07. The van der Waals surface area contributed by atoms with Crippen molar-refractivity contribution in [3.63, 3.8) is 0 Å². The molecule has 2 amide bonds. The zero-order valence-corrected chi connectivity index (χ0v) is 15.3. The Morgan fingerprint density at radius 2 is 1.91 bits per heavy atom. The Morgan fingerprint density at radius 3 is 2.43 bits per heavy atom. The molecule has 5 nitrogen and oxygen atoms in total. The first kappa shape index (κ1) is 17.9. The van der Waals surface area contributed by atoms with Crippen molar-refractivity contribution in [3.8, 4) is 0 Å². The molecule has 1 saturated heterocycles. The van der Waals surface area contributed by atoms with E-state index in [1.807, 2.05) is 25.7 Å². The summed E-state index contributed by atoms with van der Waals surface area (Å²) in [6.07, 6.45) is 0. The molecule has 0 radical (unpaired) electrons. The molecule has 0 aliphatic carbocycles. The van der Waals surface area contributed by atoms with Gasteiger partial charge in [0, 0.05) is 37.6 Å². The lowest BCUT2D eigenvalue weighted by Gasteiger charge is -2.38. The first-order chi connectivity index (χ1) is 10.8. The van der Waals surface area contributed by atoms with E-state index in [1.165, 1.54) is 5.56 Å². The van der Waals surface area contributed by atoms with E-state index in [2.05, 4.69) is 34.0 Å². The molecule has 128 valence electrons. The molecule has 1 aliphatic heterocycles. The number of nitrogens with one attached hydrogen (secondary N) is 1. The molecular formula is C17H27N3O2S. The maximum Gasteiger partial charge on any atom is 0.242 e. The average Bonchev–Trinajstić information content (AvgIpc) is 3.05. The third-order valence-electron chi connectivity index (χ3n) is 4.32. The zero-order valence-electron chi connectivity index (χ0n) is 14.5. The minimum atomic E-state index is -0.463. The van der Waals surface area contributed by atoms with Gasteiger partial charge in [-0.15, -0.1) is 0 Å². The molecule has 1 aromatic heterocycles. The zero-order chi connectivity index (χ0) is 17.0. The van der Waals surface area contributed by atoms with Crippen molar-refractivity contribution in [2.24, 2.45) is 5.41 Å². The molecule has 2 rings (SSSR count). The van der Waals surface area contributed by atoms with E-state index in [1.54, 1.807) is 11.3 Å². The smallest absolute Gasteiger partial charge is 0.242 e. The molecule has 6 heteroatoms. The molecule has 0 aromatic carbocycles. The fourth-order valence-corrected chi connectivity index (χ4v) is 3.36. The Labute approximate surface area is 142 Å². The van der Waals surface area contributed by atoms with Crippen LogP contribution in [0.15, 0.2) is 16.8 Å². The molecule has 2 heterocycles.